The fourth-order valence-electron chi connectivity index (χ4n) is 3.34. The number of carbonyl (C=O) groups excluding carboxylic acids is 1. The summed E-state index contributed by atoms with van der Waals surface area (Å²) in [6.45, 7) is 1.12. The van der Waals surface area contributed by atoms with Gasteiger partial charge < -0.3 is 15.7 Å². The quantitative estimate of drug-likeness (QED) is 0.717. The zero-order valence-corrected chi connectivity index (χ0v) is 14.1. The van der Waals surface area contributed by atoms with Crippen molar-refractivity contribution in [3.63, 3.8) is 0 Å². The molecule has 2 aliphatic carbocycles. The monoisotopic (exact) mass is 336 g/mol. The Balaban J connectivity index is 1.60. The number of carbonyl (C=O) groups is 1. The van der Waals surface area contributed by atoms with Crippen molar-refractivity contribution >= 4 is 17.5 Å². The number of rotatable bonds is 7. The highest BCUT2D eigenvalue weighted by atomic mass is 35.5. The van der Waals surface area contributed by atoms with Crippen LogP contribution in [0.4, 0.5) is 0 Å². The number of aliphatic hydroxyl groups excluding tert-OH is 1. The molecule has 126 valence electrons. The lowest BCUT2D eigenvalue weighted by Gasteiger charge is -2.30. The highest BCUT2D eigenvalue weighted by Gasteiger charge is 2.41. The normalized spacial score (nSPS) is 21.1. The topological polar surface area (TPSA) is 61.4 Å². The lowest BCUT2D eigenvalue weighted by Crippen LogP contribution is -2.56. The van der Waals surface area contributed by atoms with Crippen LogP contribution in [0.15, 0.2) is 24.3 Å². The molecule has 0 spiro atoms. The number of hydrogen-bond donors (Lipinski definition) is 3. The lowest BCUT2D eigenvalue weighted by molar-refractivity contribution is -0.127. The number of hydrogen-bond acceptors (Lipinski definition) is 3. The Kier molecular flexibility index (Phi) is 5.24. The van der Waals surface area contributed by atoms with Crippen LogP contribution in [0, 0.1) is 5.92 Å². The predicted octanol–water partition coefficient (Wildman–Crippen LogP) is 2.80. The fraction of sp³-hybridized carbons (Fsp3) is 0.611. The third-order valence-electron chi connectivity index (χ3n) is 5.04. The fourth-order valence-corrected chi connectivity index (χ4v) is 3.60. The summed E-state index contributed by atoms with van der Waals surface area (Å²) in [6.07, 6.45) is 5.50. The van der Waals surface area contributed by atoms with Crippen molar-refractivity contribution in [2.75, 3.05) is 13.1 Å². The van der Waals surface area contributed by atoms with E-state index >= 15 is 0 Å². The molecule has 0 aliphatic heterocycles. The SMILES string of the molecule is O=C(NCC1CC1)C1(NCC(O)c2ccccc2Cl)CCCC1. The van der Waals surface area contributed by atoms with Crippen LogP contribution < -0.4 is 10.6 Å². The average Bonchev–Trinajstić information content (AvgIpc) is 3.26. The number of halogens is 1. The Labute approximate surface area is 142 Å². The van der Waals surface area contributed by atoms with E-state index in [0.29, 0.717) is 23.0 Å². The van der Waals surface area contributed by atoms with E-state index in [1.54, 1.807) is 6.07 Å². The van der Waals surface area contributed by atoms with Gasteiger partial charge in [-0.2, -0.15) is 0 Å². The van der Waals surface area contributed by atoms with Gasteiger partial charge in [0.15, 0.2) is 0 Å². The maximum absolute atomic E-state index is 12.6. The Morgan fingerprint density at radius 2 is 2.00 bits per heavy atom. The van der Waals surface area contributed by atoms with Gasteiger partial charge in [-0.15, -0.1) is 0 Å². The van der Waals surface area contributed by atoms with Crippen LogP contribution >= 0.6 is 11.6 Å². The predicted molar refractivity (Wildman–Crippen MR) is 91.3 cm³/mol. The summed E-state index contributed by atoms with van der Waals surface area (Å²) in [5.74, 6) is 0.763. The number of benzene rings is 1. The number of β-amino-alcohol motifs (C(OH)–C–C–N with tert-alkyl or cyclic N) is 1. The Morgan fingerprint density at radius 1 is 1.30 bits per heavy atom. The summed E-state index contributed by atoms with van der Waals surface area (Å²) in [4.78, 5) is 12.6. The first-order valence-corrected chi connectivity index (χ1v) is 8.94. The molecule has 1 amide bonds. The molecule has 4 nitrogen and oxygen atoms in total. The van der Waals surface area contributed by atoms with Gasteiger partial charge in [-0.3, -0.25) is 4.79 Å². The van der Waals surface area contributed by atoms with Gasteiger partial charge in [0.2, 0.25) is 5.91 Å². The van der Waals surface area contributed by atoms with Gasteiger partial charge in [-0.1, -0.05) is 42.6 Å². The van der Waals surface area contributed by atoms with E-state index in [1.165, 1.54) is 12.8 Å². The standard InChI is InChI=1S/C18H25ClN2O2/c19-15-6-2-1-5-14(15)16(22)12-21-18(9-3-4-10-18)17(23)20-11-13-7-8-13/h1-2,5-6,13,16,21-22H,3-4,7-12H2,(H,20,23). The summed E-state index contributed by atoms with van der Waals surface area (Å²) in [6, 6.07) is 7.30. The van der Waals surface area contributed by atoms with E-state index in [9.17, 15) is 9.90 Å². The highest BCUT2D eigenvalue weighted by molar-refractivity contribution is 6.31. The summed E-state index contributed by atoms with van der Waals surface area (Å²) in [7, 11) is 0. The van der Waals surface area contributed by atoms with Crippen LogP contribution in [-0.4, -0.2) is 29.6 Å². The lowest BCUT2D eigenvalue weighted by atomic mass is 9.95. The van der Waals surface area contributed by atoms with Crippen molar-refractivity contribution in [1.82, 2.24) is 10.6 Å². The first-order valence-electron chi connectivity index (χ1n) is 8.56. The minimum absolute atomic E-state index is 0.0910. The number of aliphatic hydroxyl groups is 1. The first kappa shape index (κ1) is 16.7. The van der Waals surface area contributed by atoms with E-state index in [4.69, 9.17) is 11.6 Å². The van der Waals surface area contributed by atoms with E-state index in [0.717, 1.165) is 32.2 Å². The molecule has 1 atom stereocenters. The van der Waals surface area contributed by atoms with Crippen LogP contribution in [-0.2, 0) is 4.79 Å². The molecule has 0 aromatic heterocycles. The molecular weight excluding hydrogens is 312 g/mol. The molecule has 0 saturated heterocycles. The van der Waals surface area contributed by atoms with Crippen LogP contribution in [0.5, 0.6) is 0 Å². The molecule has 2 fully saturated rings. The third-order valence-corrected chi connectivity index (χ3v) is 5.38. The minimum atomic E-state index is -0.711. The van der Waals surface area contributed by atoms with E-state index in [1.807, 2.05) is 18.2 Å². The molecule has 0 bridgehead atoms. The Bertz CT molecular complexity index is 554. The second kappa shape index (κ2) is 7.20. The molecular formula is C18H25ClN2O2. The van der Waals surface area contributed by atoms with Crippen molar-refractivity contribution in [3.8, 4) is 0 Å². The van der Waals surface area contributed by atoms with Crippen LogP contribution in [0.3, 0.4) is 0 Å². The van der Waals surface area contributed by atoms with Crippen molar-refractivity contribution in [3.05, 3.63) is 34.9 Å². The zero-order valence-electron chi connectivity index (χ0n) is 13.4. The van der Waals surface area contributed by atoms with Crippen molar-refractivity contribution < 1.29 is 9.90 Å². The maximum atomic E-state index is 12.6. The van der Waals surface area contributed by atoms with Crippen molar-refractivity contribution in [2.24, 2.45) is 5.92 Å². The molecule has 1 unspecified atom stereocenters. The van der Waals surface area contributed by atoms with Gasteiger partial charge in [-0.05, 0) is 37.7 Å². The molecule has 0 radical (unpaired) electrons. The second-order valence-electron chi connectivity index (χ2n) is 6.86. The summed E-state index contributed by atoms with van der Waals surface area (Å²) in [5, 5.41) is 17.4. The smallest absolute Gasteiger partial charge is 0.240 e. The first-order chi connectivity index (χ1) is 11.1. The van der Waals surface area contributed by atoms with E-state index in [2.05, 4.69) is 10.6 Å². The van der Waals surface area contributed by atoms with Crippen molar-refractivity contribution in [1.29, 1.82) is 0 Å². The molecule has 3 N–H and O–H groups in total. The van der Waals surface area contributed by atoms with Gasteiger partial charge >= 0.3 is 0 Å². The van der Waals surface area contributed by atoms with E-state index < -0.39 is 11.6 Å². The molecule has 23 heavy (non-hydrogen) atoms. The van der Waals surface area contributed by atoms with Crippen LogP contribution in [0.25, 0.3) is 0 Å². The molecule has 2 aliphatic rings. The molecule has 1 aromatic rings. The second-order valence-corrected chi connectivity index (χ2v) is 7.27. The van der Waals surface area contributed by atoms with Crippen LogP contribution in [0.2, 0.25) is 5.02 Å². The number of nitrogens with one attached hydrogen (secondary N) is 2. The Morgan fingerprint density at radius 3 is 2.65 bits per heavy atom. The molecule has 5 heteroatoms. The third kappa shape index (κ3) is 4.06. The summed E-state index contributed by atoms with van der Waals surface area (Å²) < 4.78 is 0. The summed E-state index contributed by atoms with van der Waals surface area (Å²) in [5.41, 5.74) is 0.171. The molecule has 3 rings (SSSR count). The van der Waals surface area contributed by atoms with E-state index in [-0.39, 0.29) is 5.91 Å². The molecule has 1 aromatic carbocycles. The van der Waals surface area contributed by atoms with Crippen molar-refractivity contribution in [2.45, 2.75) is 50.2 Å². The van der Waals surface area contributed by atoms with Gasteiger partial charge in [0.1, 0.15) is 0 Å². The maximum Gasteiger partial charge on any atom is 0.240 e. The van der Waals surface area contributed by atoms with Gasteiger partial charge in [-0.25, -0.2) is 0 Å². The molecule has 0 heterocycles. The highest BCUT2D eigenvalue weighted by Crippen LogP contribution is 2.32. The minimum Gasteiger partial charge on any atom is -0.387 e. The van der Waals surface area contributed by atoms with Gasteiger partial charge in [0.25, 0.3) is 0 Å². The molecule has 2 saturated carbocycles. The van der Waals surface area contributed by atoms with Gasteiger partial charge in [0.05, 0.1) is 11.6 Å². The zero-order chi connectivity index (χ0) is 16.3. The largest absolute Gasteiger partial charge is 0.387 e. The Hall–Kier alpha value is -1.10. The number of amides is 1. The summed E-state index contributed by atoms with van der Waals surface area (Å²) >= 11 is 6.14. The van der Waals surface area contributed by atoms with Crippen LogP contribution in [0.1, 0.15) is 50.2 Å². The van der Waals surface area contributed by atoms with Gasteiger partial charge in [0, 0.05) is 23.7 Å². The average molecular weight is 337 g/mol.